The Labute approximate surface area is 154 Å². The summed E-state index contributed by atoms with van der Waals surface area (Å²) in [6.07, 6.45) is 1.67. The second-order valence-electron chi connectivity index (χ2n) is 6.10. The molecular weight excluding hydrogens is 348 g/mol. The Bertz CT molecular complexity index is 1040. The van der Waals surface area contributed by atoms with Crippen molar-refractivity contribution >= 4 is 27.5 Å². The Morgan fingerprint density at radius 2 is 2.08 bits per heavy atom. The van der Waals surface area contributed by atoms with Gasteiger partial charge in [0.05, 0.1) is 24.2 Å². The quantitative estimate of drug-likeness (QED) is 0.695. The van der Waals surface area contributed by atoms with Gasteiger partial charge in [-0.05, 0) is 12.5 Å². The fraction of sp³-hybridized carbons (Fsp3) is 0.263. The molecule has 0 saturated carbocycles. The van der Waals surface area contributed by atoms with Crippen molar-refractivity contribution in [2.24, 2.45) is 0 Å². The Balaban J connectivity index is 1.97. The van der Waals surface area contributed by atoms with Crippen LogP contribution in [-0.2, 0) is 11.3 Å². The number of hydrogen-bond donors (Lipinski definition) is 0. The molecule has 0 aliphatic carbocycles. The molecule has 0 radical (unpaired) electrons. The number of aryl methyl sites for hydroxylation is 1. The molecule has 3 aromatic rings. The minimum Gasteiger partial charge on any atom is -0.343 e. The monoisotopic (exact) mass is 366 g/mol. The SMILES string of the molecule is Cc1ccc(-c2csc3ncn(CC(=O)N(C)CCC#N)c(=O)c23)cc1. The summed E-state index contributed by atoms with van der Waals surface area (Å²) in [5, 5.41) is 11.1. The molecule has 0 saturated heterocycles. The molecular formula is C19H18N4O2S. The smallest absolute Gasteiger partial charge is 0.263 e. The first-order valence-corrected chi connectivity index (χ1v) is 9.04. The summed E-state index contributed by atoms with van der Waals surface area (Å²) in [4.78, 5) is 31.6. The molecule has 1 aromatic carbocycles. The van der Waals surface area contributed by atoms with E-state index in [9.17, 15) is 9.59 Å². The number of nitriles is 1. The molecule has 0 bridgehead atoms. The predicted octanol–water partition coefficient (Wildman–Crippen LogP) is 2.81. The third kappa shape index (κ3) is 3.51. The van der Waals surface area contributed by atoms with Crippen molar-refractivity contribution in [3.8, 4) is 17.2 Å². The number of nitrogens with zero attached hydrogens (tertiary/aromatic N) is 4. The standard InChI is InChI=1S/C19H18N4O2S/c1-13-4-6-14(7-5-13)15-11-26-18-17(15)19(25)23(12-21-18)10-16(24)22(2)9-3-8-20/h4-7,11-12H,3,9-10H2,1-2H3. The maximum atomic E-state index is 12.9. The lowest BCUT2D eigenvalue weighted by Gasteiger charge is -2.16. The van der Waals surface area contributed by atoms with Gasteiger partial charge in [0.1, 0.15) is 11.4 Å². The molecule has 7 heteroatoms. The lowest BCUT2D eigenvalue weighted by molar-refractivity contribution is -0.130. The molecule has 0 N–H and O–H groups in total. The van der Waals surface area contributed by atoms with Crippen molar-refractivity contribution in [3.05, 3.63) is 51.9 Å². The number of likely N-dealkylation sites (N-methyl/N-ethyl adjacent to an activating group) is 1. The highest BCUT2D eigenvalue weighted by Crippen LogP contribution is 2.30. The maximum absolute atomic E-state index is 12.9. The normalized spacial score (nSPS) is 10.7. The van der Waals surface area contributed by atoms with Crippen molar-refractivity contribution in [1.29, 1.82) is 5.26 Å². The number of benzene rings is 1. The van der Waals surface area contributed by atoms with Gasteiger partial charge in [0.25, 0.3) is 5.56 Å². The average molecular weight is 366 g/mol. The molecule has 0 spiro atoms. The summed E-state index contributed by atoms with van der Waals surface area (Å²) in [6.45, 7) is 2.26. The van der Waals surface area contributed by atoms with E-state index in [0.717, 1.165) is 16.7 Å². The van der Waals surface area contributed by atoms with E-state index >= 15 is 0 Å². The molecule has 132 valence electrons. The van der Waals surface area contributed by atoms with Gasteiger partial charge in [-0.2, -0.15) is 5.26 Å². The van der Waals surface area contributed by atoms with E-state index in [2.05, 4.69) is 4.98 Å². The zero-order valence-electron chi connectivity index (χ0n) is 14.6. The van der Waals surface area contributed by atoms with E-state index in [-0.39, 0.29) is 24.4 Å². The molecule has 2 aromatic heterocycles. The van der Waals surface area contributed by atoms with Crippen LogP contribution in [-0.4, -0.2) is 34.0 Å². The van der Waals surface area contributed by atoms with Crippen molar-refractivity contribution < 1.29 is 4.79 Å². The molecule has 2 heterocycles. The molecule has 0 aliphatic rings. The third-order valence-corrected chi connectivity index (χ3v) is 5.10. The van der Waals surface area contributed by atoms with Crippen molar-refractivity contribution in [1.82, 2.24) is 14.5 Å². The molecule has 6 nitrogen and oxygen atoms in total. The second-order valence-corrected chi connectivity index (χ2v) is 6.95. The van der Waals surface area contributed by atoms with Crippen LogP contribution in [0.15, 0.2) is 40.8 Å². The van der Waals surface area contributed by atoms with Gasteiger partial charge in [-0.1, -0.05) is 29.8 Å². The summed E-state index contributed by atoms with van der Waals surface area (Å²) < 4.78 is 1.33. The van der Waals surface area contributed by atoms with Gasteiger partial charge in [0, 0.05) is 24.5 Å². The highest BCUT2D eigenvalue weighted by Gasteiger charge is 2.16. The lowest BCUT2D eigenvalue weighted by Crippen LogP contribution is -2.34. The first-order chi connectivity index (χ1) is 12.5. The Morgan fingerprint density at radius 1 is 1.35 bits per heavy atom. The number of aromatic nitrogens is 2. The Morgan fingerprint density at radius 3 is 2.77 bits per heavy atom. The number of fused-ring (bicyclic) bond motifs is 1. The van der Waals surface area contributed by atoms with Crippen molar-refractivity contribution in [2.45, 2.75) is 19.9 Å². The molecule has 0 aliphatic heterocycles. The lowest BCUT2D eigenvalue weighted by atomic mass is 10.1. The summed E-state index contributed by atoms with van der Waals surface area (Å²) in [7, 11) is 1.62. The topological polar surface area (TPSA) is 79.0 Å². The highest BCUT2D eigenvalue weighted by atomic mass is 32.1. The molecule has 0 unspecified atom stereocenters. The largest absolute Gasteiger partial charge is 0.343 e. The zero-order chi connectivity index (χ0) is 18.7. The van der Waals surface area contributed by atoms with Crippen LogP contribution in [0.25, 0.3) is 21.3 Å². The number of amides is 1. The average Bonchev–Trinajstić information content (AvgIpc) is 3.07. The van der Waals surface area contributed by atoms with E-state index in [1.165, 1.54) is 27.1 Å². The molecule has 0 atom stereocenters. The van der Waals surface area contributed by atoms with Gasteiger partial charge < -0.3 is 4.90 Å². The molecule has 3 rings (SSSR count). The summed E-state index contributed by atoms with van der Waals surface area (Å²) in [6, 6.07) is 9.97. The Hall–Kier alpha value is -2.98. The summed E-state index contributed by atoms with van der Waals surface area (Å²) in [5.41, 5.74) is 2.71. The summed E-state index contributed by atoms with van der Waals surface area (Å²) in [5.74, 6) is -0.226. The van der Waals surface area contributed by atoms with Gasteiger partial charge in [-0.3, -0.25) is 14.2 Å². The Kier molecular flexibility index (Phi) is 5.14. The van der Waals surface area contributed by atoms with Crippen LogP contribution in [0.5, 0.6) is 0 Å². The number of carbonyl (C=O) groups excluding carboxylic acids is 1. The van der Waals surface area contributed by atoms with Gasteiger partial charge in [-0.15, -0.1) is 11.3 Å². The van der Waals surface area contributed by atoms with Crippen molar-refractivity contribution in [3.63, 3.8) is 0 Å². The van der Waals surface area contributed by atoms with Gasteiger partial charge in [0.2, 0.25) is 5.91 Å². The van der Waals surface area contributed by atoms with E-state index < -0.39 is 0 Å². The third-order valence-electron chi connectivity index (χ3n) is 4.21. The van der Waals surface area contributed by atoms with E-state index in [1.807, 2.05) is 42.6 Å². The van der Waals surface area contributed by atoms with Gasteiger partial charge in [-0.25, -0.2) is 4.98 Å². The predicted molar refractivity (Wildman–Crippen MR) is 102 cm³/mol. The first kappa shape index (κ1) is 17.8. The van der Waals surface area contributed by atoms with Crippen LogP contribution in [0.4, 0.5) is 0 Å². The number of hydrogen-bond acceptors (Lipinski definition) is 5. The number of thiophene rings is 1. The minimum absolute atomic E-state index is 0.0904. The van der Waals surface area contributed by atoms with Gasteiger partial charge in [0.15, 0.2) is 0 Å². The zero-order valence-corrected chi connectivity index (χ0v) is 15.4. The van der Waals surface area contributed by atoms with Crippen LogP contribution < -0.4 is 5.56 Å². The minimum atomic E-state index is -0.228. The van der Waals surface area contributed by atoms with Crippen LogP contribution >= 0.6 is 11.3 Å². The van der Waals surface area contributed by atoms with Crippen LogP contribution in [0.2, 0.25) is 0 Å². The van der Waals surface area contributed by atoms with Gasteiger partial charge >= 0.3 is 0 Å². The van der Waals surface area contributed by atoms with E-state index in [4.69, 9.17) is 5.26 Å². The van der Waals surface area contributed by atoms with Crippen LogP contribution in [0.1, 0.15) is 12.0 Å². The molecule has 26 heavy (non-hydrogen) atoms. The van der Waals surface area contributed by atoms with Crippen molar-refractivity contribution in [2.75, 3.05) is 13.6 Å². The first-order valence-electron chi connectivity index (χ1n) is 8.16. The summed E-state index contributed by atoms with van der Waals surface area (Å²) >= 11 is 1.42. The second kappa shape index (κ2) is 7.50. The van der Waals surface area contributed by atoms with E-state index in [1.54, 1.807) is 7.05 Å². The highest BCUT2D eigenvalue weighted by molar-refractivity contribution is 7.17. The van der Waals surface area contributed by atoms with Crippen LogP contribution in [0.3, 0.4) is 0 Å². The molecule has 0 fully saturated rings. The fourth-order valence-corrected chi connectivity index (χ4v) is 3.54. The van der Waals surface area contributed by atoms with Crippen LogP contribution in [0, 0.1) is 18.3 Å². The maximum Gasteiger partial charge on any atom is 0.263 e. The molecule has 1 amide bonds. The van der Waals surface area contributed by atoms with E-state index in [0.29, 0.717) is 16.8 Å². The number of carbonyl (C=O) groups is 1. The number of rotatable bonds is 5. The fourth-order valence-electron chi connectivity index (χ4n) is 2.63.